The number of carbonyl (C=O) groups is 3. The van der Waals surface area contributed by atoms with Gasteiger partial charge in [-0.05, 0) is 31.9 Å². The Morgan fingerprint density at radius 1 is 1.25 bits per heavy atom. The van der Waals surface area contributed by atoms with Crippen molar-refractivity contribution in [1.82, 2.24) is 4.90 Å². The predicted molar refractivity (Wildman–Crippen MR) is 85.8 cm³/mol. The number of para-hydroxylation sites is 2. The van der Waals surface area contributed by atoms with Gasteiger partial charge in [0.2, 0.25) is 5.91 Å². The molecule has 2 aliphatic heterocycles. The minimum absolute atomic E-state index is 0.0543. The van der Waals surface area contributed by atoms with Crippen LogP contribution in [0.3, 0.4) is 0 Å². The number of piperidine rings is 1. The Morgan fingerprint density at radius 2 is 1.92 bits per heavy atom. The van der Waals surface area contributed by atoms with Crippen molar-refractivity contribution in [2.45, 2.75) is 25.9 Å². The molecular weight excluding hydrogens is 312 g/mol. The molecule has 128 valence electrons. The van der Waals surface area contributed by atoms with E-state index in [2.05, 4.69) is 0 Å². The minimum Gasteiger partial charge on any atom is -0.481 e. The molecule has 2 amide bonds. The maximum absolute atomic E-state index is 12.5. The highest BCUT2D eigenvalue weighted by Gasteiger charge is 2.34. The summed E-state index contributed by atoms with van der Waals surface area (Å²) in [7, 11) is 0. The van der Waals surface area contributed by atoms with Gasteiger partial charge in [0.15, 0.2) is 6.10 Å². The number of fused-ring (bicyclic) bond motifs is 1. The highest BCUT2D eigenvalue weighted by Crippen LogP contribution is 2.33. The average molecular weight is 332 g/mol. The number of amides is 2. The molecule has 1 aromatic carbocycles. The molecule has 0 aromatic heterocycles. The first kappa shape index (κ1) is 16.3. The molecule has 2 heterocycles. The fourth-order valence-electron chi connectivity index (χ4n) is 3.13. The Morgan fingerprint density at radius 3 is 2.58 bits per heavy atom. The third kappa shape index (κ3) is 3.06. The van der Waals surface area contributed by atoms with Crippen LogP contribution in [-0.4, -0.2) is 53.5 Å². The quantitative estimate of drug-likeness (QED) is 0.896. The van der Waals surface area contributed by atoms with Crippen molar-refractivity contribution in [3.8, 4) is 5.75 Å². The number of rotatable bonds is 3. The molecule has 1 atom stereocenters. The minimum atomic E-state index is -0.812. The zero-order chi connectivity index (χ0) is 17.3. The lowest BCUT2D eigenvalue weighted by atomic mass is 9.97. The Hall–Kier alpha value is -2.57. The molecule has 1 unspecified atom stereocenters. The Kier molecular flexibility index (Phi) is 4.42. The van der Waals surface area contributed by atoms with Crippen LogP contribution in [0.15, 0.2) is 24.3 Å². The maximum atomic E-state index is 12.5. The van der Waals surface area contributed by atoms with E-state index in [1.54, 1.807) is 30.0 Å². The van der Waals surface area contributed by atoms with E-state index in [1.807, 2.05) is 6.07 Å². The van der Waals surface area contributed by atoms with Crippen molar-refractivity contribution in [3.63, 3.8) is 0 Å². The number of hydrogen-bond donors (Lipinski definition) is 1. The molecule has 1 saturated heterocycles. The van der Waals surface area contributed by atoms with Gasteiger partial charge < -0.3 is 14.7 Å². The molecule has 1 N–H and O–H groups in total. The van der Waals surface area contributed by atoms with Crippen LogP contribution in [0.1, 0.15) is 19.8 Å². The SMILES string of the molecule is CC1Oc2ccccc2N(CC(=O)N2CCC(C(=O)O)CC2)C1=O. The Bertz CT molecular complexity index is 667. The van der Waals surface area contributed by atoms with E-state index in [-0.39, 0.29) is 24.3 Å². The molecule has 0 bridgehead atoms. The van der Waals surface area contributed by atoms with E-state index in [9.17, 15) is 14.4 Å². The highest BCUT2D eigenvalue weighted by molar-refractivity contribution is 6.03. The van der Waals surface area contributed by atoms with Crippen LogP contribution < -0.4 is 9.64 Å². The molecule has 3 rings (SSSR count). The molecule has 24 heavy (non-hydrogen) atoms. The smallest absolute Gasteiger partial charge is 0.306 e. The second-order valence-corrected chi connectivity index (χ2v) is 6.15. The van der Waals surface area contributed by atoms with E-state index >= 15 is 0 Å². The summed E-state index contributed by atoms with van der Waals surface area (Å²) in [6, 6.07) is 7.14. The number of carbonyl (C=O) groups excluding carboxylic acids is 2. The van der Waals surface area contributed by atoms with Crippen LogP contribution in [0.2, 0.25) is 0 Å². The van der Waals surface area contributed by atoms with Crippen LogP contribution in [0.4, 0.5) is 5.69 Å². The molecule has 0 spiro atoms. The van der Waals surface area contributed by atoms with E-state index in [0.717, 1.165) is 0 Å². The number of aliphatic carboxylic acids is 1. The van der Waals surface area contributed by atoms with Crippen molar-refractivity contribution in [2.75, 3.05) is 24.5 Å². The maximum Gasteiger partial charge on any atom is 0.306 e. The third-order valence-electron chi connectivity index (χ3n) is 4.56. The lowest BCUT2D eigenvalue weighted by Gasteiger charge is -2.35. The van der Waals surface area contributed by atoms with Crippen LogP contribution in [-0.2, 0) is 14.4 Å². The van der Waals surface area contributed by atoms with Crippen molar-refractivity contribution >= 4 is 23.5 Å². The molecule has 0 radical (unpaired) electrons. The topological polar surface area (TPSA) is 87.2 Å². The number of likely N-dealkylation sites (tertiary alicyclic amines) is 1. The summed E-state index contributed by atoms with van der Waals surface area (Å²) in [6.07, 6.45) is 0.265. The van der Waals surface area contributed by atoms with Crippen LogP contribution >= 0.6 is 0 Å². The van der Waals surface area contributed by atoms with Gasteiger partial charge in [0, 0.05) is 13.1 Å². The second-order valence-electron chi connectivity index (χ2n) is 6.15. The number of nitrogens with zero attached hydrogens (tertiary/aromatic N) is 2. The summed E-state index contributed by atoms with van der Waals surface area (Å²) < 4.78 is 5.56. The Balaban J connectivity index is 1.70. The lowest BCUT2D eigenvalue weighted by molar-refractivity contribution is -0.145. The monoisotopic (exact) mass is 332 g/mol. The van der Waals surface area contributed by atoms with Crippen LogP contribution in [0.5, 0.6) is 5.75 Å². The molecule has 1 aromatic rings. The van der Waals surface area contributed by atoms with Gasteiger partial charge in [0.25, 0.3) is 5.91 Å². The largest absolute Gasteiger partial charge is 0.481 e. The summed E-state index contributed by atoms with van der Waals surface area (Å²) in [5.74, 6) is -1.03. The molecular formula is C17H20N2O5. The fraction of sp³-hybridized carbons (Fsp3) is 0.471. The summed E-state index contributed by atoms with van der Waals surface area (Å²) in [4.78, 5) is 39.0. The standard InChI is InChI=1S/C17H20N2O5/c1-11-16(21)19(13-4-2-3-5-14(13)24-11)10-15(20)18-8-6-12(7-9-18)17(22)23/h2-5,11-12H,6-10H2,1H3,(H,22,23). The van der Waals surface area contributed by atoms with Gasteiger partial charge in [-0.25, -0.2) is 0 Å². The van der Waals surface area contributed by atoms with Gasteiger partial charge in [0.05, 0.1) is 11.6 Å². The van der Waals surface area contributed by atoms with Gasteiger partial charge in [-0.2, -0.15) is 0 Å². The van der Waals surface area contributed by atoms with E-state index < -0.39 is 12.1 Å². The van der Waals surface area contributed by atoms with E-state index in [0.29, 0.717) is 37.4 Å². The van der Waals surface area contributed by atoms with Gasteiger partial charge in [-0.15, -0.1) is 0 Å². The molecule has 7 nitrogen and oxygen atoms in total. The van der Waals surface area contributed by atoms with Crippen LogP contribution in [0.25, 0.3) is 0 Å². The zero-order valence-corrected chi connectivity index (χ0v) is 13.5. The number of benzene rings is 1. The molecule has 7 heteroatoms. The van der Waals surface area contributed by atoms with Gasteiger partial charge in [-0.1, -0.05) is 12.1 Å². The van der Waals surface area contributed by atoms with Gasteiger partial charge in [0.1, 0.15) is 12.3 Å². The van der Waals surface area contributed by atoms with Crippen molar-refractivity contribution in [1.29, 1.82) is 0 Å². The van der Waals surface area contributed by atoms with E-state index in [1.165, 1.54) is 4.90 Å². The van der Waals surface area contributed by atoms with Gasteiger partial charge in [-0.3, -0.25) is 19.3 Å². The third-order valence-corrected chi connectivity index (χ3v) is 4.56. The second kappa shape index (κ2) is 6.51. The summed E-state index contributed by atoms with van der Waals surface area (Å²) in [5.41, 5.74) is 0.592. The van der Waals surface area contributed by atoms with Crippen molar-refractivity contribution < 1.29 is 24.2 Å². The van der Waals surface area contributed by atoms with Crippen molar-refractivity contribution in [2.24, 2.45) is 5.92 Å². The number of carboxylic acids is 1. The first-order valence-corrected chi connectivity index (χ1v) is 8.05. The first-order chi connectivity index (χ1) is 11.5. The Labute approximate surface area is 139 Å². The number of anilines is 1. The molecule has 0 aliphatic carbocycles. The highest BCUT2D eigenvalue weighted by atomic mass is 16.5. The predicted octanol–water partition coefficient (Wildman–Crippen LogP) is 1.12. The van der Waals surface area contributed by atoms with Crippen LogP contribution in [0, 0.1) is 5.92 Å². The van der Waals surface area contributed by atoms with E-state index in [4.69, 9.17) is 9.84 Å². The molecule has 2 aliphatic rings. The molecule has 1 fully saturated rings. The summed E-state index contributed by atoms with van der Waals surface area (Å²) >= 11 is 0. The fourth-order valence-corrected chi connectivity index (χ4v) is 3.13. The lowest BCUT2D eigenvalue weighted by Crippen LogP contribution is -2.51. The number of carboxylic acid groups (broad SMARTS) is 1. The summed E-state index contributed by atoms with van der Waals surface area (Å²) in [6.45, 7) is 2.42. The number of hydrogen-bond acceptors (Lipinski definition) is 4. The van der Waals surface area contributed by atoms with Gasteiger partial charge >= 0.3 is 5.97 Å². The molecule has 0 saturated carbocycles. The average Bonchev–Trinajstić information content (AvgIpc) is 2.58. The normalized spacial score (nSPS) is 21.2. The zero-order valence-electron chi connectivity index (χ0n) is 13.5. The summed E-state index contributed by atoms with van der Waals surface area (Å²) in [5, 5.41) is 9.03. The number of ether oxygens (including phenoxy) is 1. The first-order valence-electron chi connectivity index (χ1n) is 8.05. The van der Waals surface area contributed by atoms with Crippen molar-refractivity contribution in [3.05, 3.63) is 24.3 Å².